The van der Waals surface area contributed by atoms with E-state index in [0.717, 1.165) is 32.4 Å². The molecule has 0 fully saturated rings. The SMILES string of the molecule is CCNCCCCCC(=O)N1c2ccc(Cl)cc2NC(=O)c2ccccc21.Cl. The molecule has 1 aliphatic heterocycles. The van der Waals surface area contributed by atoms with Gasteiger partial charge in [0.2, 0.25) is 5.91 Å². The molecule has 2 amide bonds. The molecule has 150 valence electrons. The van der Waals surface area contributed by atoms with Crippen LogP contribution in [0.3, 0.4) is 0 Å². The predicted molar refractivity (Wildman–Crippen MR) is 117 cm³/mol. The summed E-state index contributed by atoms with van der Waals surface area (Å²) < 4.78 is 0. The third-order valence-electron chi connectivity index (χ3n) is 4.58. The monoisotopic (exact) mass is 421 g/mol. The first kappa shape index (κ1) is 22.2. The molecule has 0 atom stereocenters. The van der Waals surface area contributed by atoms with Crippen molar-refractivity contribution < 1.29 is 9.59 Å². The fourth-order valence-corrected chi connectivity index (χ4v) is 3.42. The van der Waals surface area contributed by atoms with E-state index in [0.29, 0.717) is 34.1 Å². The highest BCUT2D eigenvalue weighted by atomic mass is 35.5. The Balaban J connectivity index is 0.00000280. The molecule has 0 aliphatic carbocycles. The summed E-state index contributed by atoms with van der Waals surface area (Å²) in [6.07, 6.45) is 3.27. The Morgan fingerprint density at radius 2 is 1.89 bits per heavy atom. The summed E-state index contributed by atoms with van der Waals surface area (Å²) in [5.74, 6) is -0.263. The first-order valence-electron chi connectivity index (χ1n) is 9.35. The quantitative estimate of drug-likeness (QED) is 0.606. The number of rotatable bonds is 7. The third kappa shape index (κ3) is 5.04. The number of nitrogens with one attached hydrogen (secondary N) is 2. The molecule has 2 N–H and O–H groups in total. The first-order chi connectivity index (χ1) is 13.1. The largest absolute Gasteiger partial charge is 0.320 e. The van der Waals surface area contributed by atoms with Crippen LogP contribution in [0.15, 0.2) is 42.5 Å². The lowest BCUT2D eigenvalue weighted by Gasteiger charge is -2.24. The average Bonchev–Trinajstić information content (AvgIpc) is 2.78. The molecular formula is C21H25Cl2N3O2. The van der Waals surface area contributed by atoms with E-state index in [1.807, 2.05) is 12.1 Å². The zero-order valence-electron chi connectivity index (χ0n) is 15.8. The molecule has 2 aromatic carbocycles. The van der Waals surface area contributed by atoms with Crippen molar-refractivity contribution in [1.29, 1.82) is 0 Å². The van der Waals surface area contributed by atoms with E-state index in [4.69, 9.17) is 11.6 Å². The number of amides is 2. The molecule has 5 nitrogen and oxygen atoms in total. The Morgan fingerprint density at radius 3 is 2.68 bits per heavy atom. The van der Waals surface area contributed by atoms with Crippen LogP contribution in [-0.4, -0.2) is 24.9 Å². The lowest BCUT2D eigenvalue weighted by Crippen LogP contribution is -2.26. The van der Waals surface area contributed by atoms with Crippen molar-refractivity contribution in [1.82, 2.24) is 5.32 Å². The number of carbonyl (C=O) groups is 2. The van der Waals surface area contributed by atoms with Crippen LogP contribution in [0.25, 0.3) is 0 Å². The maximum Gasteiger partial charge on any atom is 0.257 e. The number of benzene rings is 2. The normalized spacial score (nSPS) is 12.4. The molecule has 0 spiro atoms. The average molecular weight is 422 g/mol. The molecule has 0 saturated heterocycles. The number of hydrogen-bond acceptors (Lipinski definition) is 3. The zero-order valence-corrected chi connectivity index (χ0v) is 17.4. The van der Waals surface area contributed by atoms with Gasteiger partial charge in [-0.2, -0.15) is 0 Å². The fraction of sp³-hybridized carbons (Fsp3) is 0.333. The topological polar surface area (TPSA) is 61.4 Å². The first-order valence-corrected chi connectivity index (χ1v) is 9.73. The molecular weight excluding hydrogens is 397 g/mol. The van der Waals surface area contributed by atoms with Crippen molar-refractivity contribution in [3.05, 3.63) is 53.1 Å². The Morgan fingerprint density at radius 1 is 1.11 bits per heavy atom. The van der Waals surface area contributed by atoms with Crippen molar-refractivity contribution in [3.8, 4) is 0 Å². The minimum Gasteiger partial charge on any atom is -0.320 e. The van der Waals surface area contributed by atoms with Gasteiger partial charge in [0.15, 0.2) is 0 Å². The molecule has 7 heteroatoms. The third-order valence-corrected chi connectivity index (χ3v) is 4.82. The number of carbonyl (C=O) groups excluding carboxylic acids is 2. The van der Waals surface area contributed by atoms with Gasteiger partial charge in [-0.05, 0) is 56.3 Å². The standard InChI is InChI=1S/C21H24ClN3O2.ClH/c1-2-23-13-7-3-4-10-20(26)25-18-9-6-5-8-16(18)21(27)24-17-14-15(22)11-12-19(17)25;/h5-6,8-9,11-12,14,23H,2-4,7,10,13H2,1H3,(H,24,27);1H. The fourth-order valence-electron chi connectivity index (χ4n) is 3.24. The number of unbranched alkanes of at least 4 members (excludes halogenated alkanes) is 2. The van der Waals surface area contributed by atoms with Crippen molar-refractivity contribution in [2.75, 3.05) is 23.3 Å². The van der Waals surface area contributed by atoms with Gasteiger partial charge < -0.3 is 10.6 Å². The Bertz CT molecular complexity index is 842. The van der Waals surface area contributed by atoms with E-state index in [1.54, 1.807) is 35.2 Å². The summed E-state index contributed by atoms with van der Waals surface area (Å²) in [5, 5.41) is 6.67. The van der Waals surface area contributed by atoms with E-state index in [1.165, 1.54) is 0 Å². The Labute approximate surface area is 176 Å². The van der Waals surface area contributed by atoms with Crippen LogP contribution < -0.4 is 15.5 Å². The summed E-state index contributed by atoms with van der Waals surface area (Å²) in [5.41, 5.74) is 2.28. The Hall–Kier alpha value is -2.08. The molecule has 1 heterocycles. The minimum atomic E-state index is -0.241. The van der Waals surface area contributed by atoms with Crippen molar-refractivity contribution in [2.24, 2.45) is 0 Å². The number of fused-ring (bicyclic) bond motifs is 2. The molecule has 1 aliphatic rings. The van der Waals surface area contributed by atoms with Gasteiger partial charge in [0.1, 0.15) is 0 Å². The summed E-state index contributed by atoms with van der Waals surface area (Å²) in [4.78, 5) is 27.3. The van der Waals surface area contributed by atoms with Gasteiger partial charge in [-0.1, -0.05) is 37.1 Å². The second-order valence-electron chi connectivity index (χ2n) is 6.53. The van der Waals surface area contributed by atoms with Crippen molar-refractivity contribution in [2.45, 2.75) is 32.6 Å². The highest BCUT2D eigenvalue weighted by Gasteiger charge is 2.28. The van der Waals surface area contributed by atoms with Crippen molar-refractivity contribution in [3.63, 3.8) is 0 Å². The molecule has 28 heavy (non-hydrogen) atoms. The number of anilines is 3. The van der Waals surface area contributed by atoms with Crippen LogP contribution in [0.2, 0.25) is 5.02 Å². The van der Waals surface area contributed by atoms with Crippen LogP contribution >= 0.6 is 24.0 Å². The van der Waals surface area contributed by atoms with E-state index in [9.17, 15) is 9.59 Å². The van der Waals surface area contributed by atoms with E-state index < -0.39 is 0 Å². The summed E-state index contributed by atoms with van der Waals surface area (Å²) in [7, 11) is 0. The van der Waals surface area contributed by atoms with Crippen LogP contribution in [0, 0.1) is 0 Å². The maximum atomic E-state index is 13.1. The second-order valence-corrected chi connectivity index (χ2v) is 6.96. The molecule has 0 saturated carbocycles. The van der Waals surface area contributed by atoms with E-state index >= 15 is 0 Å². The van der Waals surface area contributed by atoms with Gasteiger partial charge in [-0.3, -0.25) is 14.5 Å². The molecule has 0 radical (unpaired) electrons. The minimum absolute atomic E-state index is 0. The van der Waals surface area contributed by atoms with Gasteiger partial charge >= 0.3 is 0 Å². The smallest absolute Gasteiger partial charge is 0.257 e. The van der Waals surface area contributed by atoms with Crippen LogP contribution in [0.1, 0.15) is 43.0 Å². The molecule has 2 aromatic rings. The molecule has 0 aromatic heterocycles. The molecule has 0 unspecified atom stereocenters. The van der Waals surface area contributed by atoms with Crippen LogP contribution in [0.4, 0.5) is 17.1 Å². The summed E-state index contributed by atoms with van der Waals surface area (Å²) in [6, 6.07) is 12.4. The van der Waals surface area contributed by atoms with Gasteiger partial charge in [0.05, 0.1) is 22.6 Å². The highest BCUT2D eigenvalue weighted by Crippen LogP contribution is 2.39. The lowest BCUT2D eigenvalue weighted by molar-refractivity contribution is -0.118. The number of hydrogen-bond donors (Lipinski definition) is 2. The number of nitrogens with zero attached hydrogens (tertiary/aromatic N) is 1. The number of halogens is 2. The predicted octanol–water partition coefficient (Wildman–Crippen LogP) is 5.16. The Kier molecular flexibility index (Phi) is 8.30. The van der Waals surface area contributed by atoms with Gasteiger partial charge in [-0.15, -0.1) is 12.4 Å². The summed E-state index contributed by atoms with van der Waals surface area (Å²) >= 11 is 6.10. The zero-order chi connectivity index (χ0) is 19.2. The molecule has 0 bridgehead atoms. The van der Waals surface area contributed by atoms with Gasteiger partial charge in [0, 0.05) is 11.4 Å². The lowest BCUT2D eigenvalue weighted by atomic mass is 10.1. The van der Waals surface area contributed by atoms with Crippen LogP contribution in [0.5, 0.6) is 0 Å². The second kappa shape index (κ2) is 10.5. The maximum absolute atomic E-state index is 13.1. The van der Waals surface area contributed by atoms with Crippen molar-refractivity contribution >= 4 is 52.9 Å². The molecule has 3 rings (SSSR count). The van der Waals surface area contributed by atoms with Gasteiger partial charge in [-0.25, -0.2) is 0 Å². The van der Waals surface area contributed by atoms with Crippen LogP contribution in [-0.2, 0) is 4.79 Å². The van der Waals surface area contributed by atoms with E-state index in [2.05, 4.69) is 17.6 Å². The summed E-state index contributed by atoms with van der Waals surface area (Å²) in [6.45, 7) is 4.01. The highest BCUT2D eigenvalue weighted by molar-refractivity contribution is 6.31. The number of para-hydroxylation sites is 1. The van der Waals surface area contributed by atoms with E-state index in [-0.39, 0.29) is 24.2 Å². The van der Waals surface area contributed by atoms with Gasteiger partial charge in [0.25, 0.3) is 5.91 Å².